The molecular formula is C51H37N. The molecule has 0 fully saturated rings. The van der Waals surface area contributed by atoms with Gasteiger partial charge in [0, 0.05) is 17.1 Å². The van der Waals surface area contributed by atoms with Crippen LogP contribution in [0.15, 0.2) is 188 Å². The molecule has 0 bridgehead atoms. The summed E-state index contributed by atoms with van der Waals surface area (Å²) in [5.74, 6) is 0. The van der Waals surface area contributed by atoms with E-state index >= 15 is 0 Å². The lowest BCUT2D eigenvalue weighted by molar-refractivity contribution is 0.793. The van der Waals surface area contributed by atoms with E-state index in [4.69, 9.17) is 0 Å². The van der Waals surface area contributed by atoms with Crippen molar-refractivity contribution in [2.75, 3.05) is 4.90 Å². The minimum atomic E-state index is -0.398. The number of hydrogen-bond donors (Lipinski definition) is 0. The summed E-state index contributed by atoms with van der Waals surface area (Å²) in [6.07, 6.45) is 0. The monoisotopic (exact) mass is 663 g/mol. The maximum Gasteiger partial charge on any atom is 0.0726 e. The Morgan fingerprint density at radius 2 is 0.788 bits per heavy atom. The highest BCUT2D eigenvalue weighted by atomic mass is 15.1. The van der Waals surface area contributed by atoms with E-state index in [9.17, 15) is 0 Å². The molecule has 0 radical (unpaired) electrons. The zero-order chi connectivity index (χ0) is 34.8. The SMILES string of the molecule is Cc1ccc(C)c(-c2ccc(N(c3ccc(-c4ccccc4)cc3)c3ccc4c(c3)C3(c5ccccc5-c5ccccc53)c3ccccc3-4)cc2)c1. The van der Waals surface area contributed by atoms with E-state index in [-0.39, 0.29) is 0 Å². The molecule has 1 heteroatoms. The summed E-state index contributed by atoms with van der Waals surface area (Å²) < 4.78 is 0. The Bertz CT molecular complexity index is 2570. The highest BCUT2D eigenvalue weighted by Gasteiger charge is 2.51. The molecule has 1 nitrogen and oxygen atoms in total. The highest BCUT2D eigenvalue weighted by molar-refractivity contribution is 5.96. The van der Waals surface area contributed by atoms with Crippen molar-refractivity contribution in [3.63, 3.8) is 0 Å². The maximum absolute atomic E-state index is 2.47. The Hall–Kier alpha value is -6.44. The van der Waals surface area contributed by atoms with E-state index in [2.05, 4.69) is 207 Å². The molecule has 0 aliphatic heterocycles. The fourth-order valence-electron chi connectivity index (χ4n) is 8.94. The van der Waals surface area contributed by atoms with Crippen LogP contribution in [-0.2, 0) is 5.41 Å². The van der Waals surface area contributed by atoms with Crippen molar-refractivity contribution < 1.29 is 0 Å². The van der Waals surface area contributed by atoms with Gasteiger partial charge in [-0.3, -0.25) is 0 Å². The van der Waals surface area contributed by atoms with Crippen LogP contribution in [0.4, 0.5) is 17.1 Å². The summed E-state index contributed by atoms with van der Waals surface area (Å²) in [5, 5.41) is 0. The van der Waals surface area contributed by atoms with E-state index in [1.165, 1.54) is 77.9 Å². The first-order valence-corrected chi connectivity index (χ1v) is 18.2. The van der Waals surface area contributed by atoms with Gasteiger partial charge >= 0.3 is 0 Å². The molecule has 10 rings (SSSR count). The van der Waals surface area contributed by atoms with Crippen LogP contribution in [0.1, 0.15) is 33.4 Å². The van der Waals surface area contributed by atoms with Gasteiger partial charge in [-0.2, -0.15) is 0 Å². The van der Waals surface area contributed by atoms with Crippen LogP contribution in [0.25, 0.3) is 44.5 Å². The second-order valence-electron chi connectivity index (χ2n) is 14.2. The third kappa shape index (κ3) is 4.49. The number of benzene rings is 8. The van der Waals surface area contributed by atoms with Gasteiger partial charge in [0.2, 0.25) is 0 Å². The zero-order valence-electron chi connectivity index (χ0n) is 29.3. The lowest BCUT2D eigenvalue weighted by Crippen LogP contribution is -2.26. The first-order chi connectivity index (χ1) is 25.6. The summed E-state index contributed by atoms with van der Waals surface area (Å²) in [6, 6.07) is 69.7. The molecule has 0 saturated carbocycles. The van der Waals surface area contributed by atoms with Crippen LogP contribution >= 0.6 is 0 Å². The van der Waals surface area contributed by atoms with Crippen LogP contribution in [-0.4, -0.2) is 0 Å². The Morgan fingerprint density at radius 3 is 1.37 bits per heavy atom. The van der Waals surface area contributed by atoms with Crippen molar-refractivity contribution in [1.29, 1.82) is 0 Å². The second kappa shape index (κ2) is 11.8. The predicted molar refractivity (Wildman–Crippen MR) is 218 cm³/mol. The predicted octanol–water partition coefficient (Wildman–Crippen LogP) is 13.5. The van der Waals surface area contributed by atoms with Crippen LogP contribution in [0.2, 0.25) is 0 Å². The molecule has 0 unspecified atom stereocenters. The van der Waals surface area contributed by atoms with E-state index < -0.39 is 5.41 Å². The quantitative estimate of drug-likeness (QED) is 0.177. The Balaban J connectivity index is 1.18. The molecule has 246 valence electrons. The fourth-order valence-corrected chi connectivity index (χ4v) is 8.94. The van der Waals surface area contributed by atoms with Crippen molar-refractivity contribution in [2.24, 2.45) is 0 Å². The van der Waals surface area contributed by atoms with E-state index in [0.717, 1.165) is 17.1 Å². The van der Waals surface area contributed by atoms with Crippen molar-refractivity contribution in [1.82, 2.24) is 0 Å². The lowest BCUT2D eigenvalue weighted by atomic mass is 9.70. The van der Waals surface area contributed by atoms with Crippen LogP contribution < -0.4 is 4.90 Å². The van der Waals surface area contributed by atoms with E-state index in [0.29, 0.717) is 0 Å². The lowest BCUT2D eigenvalue weighted by Gasteiger charge is -2.32. The third-order valence-electron chi connectivity index (χ3n) is 11.3. The van der Waals surface area contributed by atoms with Gasteiger partial charge in [0.05, 0.1) is 5.41 Å². The Morgan fingerprint density at radius 1 is 0.327 bits per heavy atom. The van der Waals surface area contributed by atoms with E-state index in [1.54, 1.807) is 0 Å². The number of hydrogen-bond acceptors (Lipinski definition) is 1. The van der Waals surface area contributed by atoms with Crippen molar-refractivity contribution in [3.8, 4) is 44.5 Å². The molecule has 0 atom stereocenters. The van der Waals surface area contributed by atoms with Crippen LogP contribution in [0, 0.1) is 13.8 Å². The van der Waals surface area contributed by atoms with Gasteiger partial charge in [0.15, 0.2) is 0 Å². The molecule has 2 aliphatic rings. The average molecular weight is 664 g/mol. The summed E-state index contributed by atoms with van der Waals surface area (Å²) in [7, 11) is 0. The van der Waals surface area contributed by atoms with Crippen molar-refractivity contribution in [2.45, 2.75) is 19.3 Å². The zero-order valence-corrected chi connectivity index (χ0v) is 29.3. The molecule has 0 saturated heterocycles. The van der Waals surface area contributed by atoms with Gasteiger partial charge < -0.3 is 4.90 Å². The smallest absolute Gasteiger partial charge is 0.0726 e. The first-order valence-electron chi connectivity index (χ1n) is 18.2. The van der Waals surface area contributed by atoms with Gasteiger partial charge in [-0.25, -0.2) is 0 Å². The molecular weight excluding hydrogens is 627 g/mol. The van der Waals surface area contributed by atoms with Gasteiger partial charge in [0.25, 0.3) is 0 Å². The third-order valence-corrected chi connectivity index (χ3v) is 11.3. The number of rotatable bonds is 5. The number of aryl methyl sites for hydroxylation is 2. The standard InChI is InChI=1S/C51H37N/c1-34-20-21-35(2)46(32-34)38-24-28-40(29-25-38)52(39-26-22-37(23-27-39)36-12-4-3-5-13-36)41-30-31-45-44-16-8-11-19-49(44)51(50(45)33-41)47-17-9-6-14-42(47)43-15-7-10-18-48(43)51/h3-33H,1-2H3. The summed E-state index contributed by atoms with van der Waals surface area (Å²) >= 11 is 0. The molecule has 8 aromatic rings. The molecule has 0 N–H and O–H groups in total. The molecule has 1 spiro atoms. The Labute approximate surface area is 306 Å². The highest BCUT2D eigenvalue weighted by Crippen LogP contribution is 2.63. The number of nitrogens with zero attached hydrogens (tertiary/aromatic N) is 1. The summed E-state index contributed by atoms with van der Waals surface area (Å²) in [5.41, 5.74) is 21.1. The summed E-state index contributed by atoms with van der Waals surface area (Å²) in [6.45, 7) is 4.36. The van der Waals surface area contributed by atoms with Gasteiger partial charge in [-0.1, -0.05) is 157 Å². The largest absolute Gasteiger partial charge is 0.310 e. The molecule has 8 aromatic carbocycles. The number of anilines is 3. The fraction of sp³-hybridized carbons (Fsp3) is 0.0588. The minimum Gasteiger partial charge on any atom is -0.310 e. The first kappa shape index (κ1) is 30.4. The van der Waals surface area contributed by atoms with Gasteiger partial charge in [-0.15, -0.1) is 0 Å². The maximum atomic E-state index is 2.47. The van der Waals surface area contributed by atoms with Crippen molar-refractivity contribution in [3.05, 3.63) is 221 Å². The molecule has 0 amide bonds. The topological polar surface area (TPSA) is 3.24 Å². The Kier molecular flexibility index (Phi) is 6.91. The normalized spacial score (nSPS) is 13.0. The van der Waals surface area contributed by atoms with Gasteiger partial charge in [-0.05, 0) is 123 Å². The molecule has 0 aromatic heterocycles. The second-order valence-corrected chi connectivity index (χ2v) is 14.2. The molecule has 0 heterocycles. The molecule has 2 aliphatic carbocycles. The molecule has 52 heavy (non-hydrogen) atoms. The van der Waals surface area contributed by atoms with Crippen LogP contribution in [0.3, 0.4) is 0 Å². The van der Waals surface area contributed by atoms with Gasteiger partial charge in [0.1, 0.15) is 0 Å². The summed E-state index contributed by atoms with van der Waals surface area (Å²) in [4.78, 5) is 2.42. The minimum absolute atomic E-state index is 0.398. The van der Waals surface area contributed by atoms with Crippen LogP contribution in [0.5, 0.6) is 0 Å². The number of fused-ring (bicyclic) bond motifs is 10. The van der Waals surface area contributed by atoms with E-state index in [1.807, 2.05) is 0 Å². The van der Waals surface area contributed by atoms with Crippen molar-refractivity contribution >= 4 is 17.1 Å². The average Bonchev–Trinajstić information content (AvgIpc) is 3.67.